The van der Waals surface area contributed by atoms with E-state index in [1.54, 1.807) is 6.92 Å². The third kappa shape index (κ3) is 2.30. The Kier molecular flexibility index (Phi) is 3.12. The standard InChI is InChI=1S/C7H13IN2O/c1-6-5-9(7(2)11)3-4-10(6)8/h6H,3-5H2,1-2H3/t6-/m0/s1. The van der Waals surface area contributed by atoms with Crippen LogP contribution in [0.15, 0.2) is 0 Å². The van der Waals surface area contributed by atoms with Crippen molar-refractivity contribution in [3.8, 4) is 0 Å². The number of carbonyl (C=O) groups excluding carboxylic acids is 1. The van der Waals surface area contributed by atoms with Gasteiger partial charge in [0.15, 0.2) is 0 Å². The first kappa shape index (κ1) is 9.25. The van der Waals surface area contributed by atoms with Gasteiger partial charge in [-0.2, -0.15) is 0 Å². The molecule has 11 heavy (non-hydrogen) atoms. The molecule has 0 saturated carbocycles. The molecule has 0 N–H and O–H groups in total. The Morgan fingerprint density at radius 3 is 2.64 bits per heavy atom. The molecular formula is C7H13IN2O. The highest BCUT2D eigenvalue weighted by atomic mass is 127. The van der Waals surface area contributed by atoms with Gasteiger partial charge in [0.1, 0.15) is 0 Å². The predicted molar refractivity (Wildman–Crippen MR) is 52.4 cm³/mol. The Labute approximate surface area is 81.2 Å². The van der Waals surface area contributed by atoms with E-state index in [0.29, 0.717) is 6.04 Å². The molecule has 0 radical (unpaired) electrons. The first-order valence-corrected chi connectivity index (χ1v) is 4.75. The zero-order valence-electron chi connectivity index (χ0n) is 6.88. The van der Waals surface area contributed by atoms with Crippen molar-refractivity contribution in [1.82, 2.24) is 8.01 Å². The van der Waals surface area contributed by atoms with E-state index in [2.05, 4.69) is 32.9 Å². The minimum Gasteiger partial charge on any atom is -0.340 e. The molecule has 64 valence electrons. The summed E-state index contributed by atoms with van der Waals surface area (Å²) in [7, 11) is 0. The molecule has 0 unspecified atom stereocenters. The monoisotopic (exact) mass is 268 g/mol. The maximum Gasteiger partial charge on any atom is 0.219 e. The molecule has 1 aliphatic rings. The summed E-state index contributed by atoms with van der Waals surface area (Å²) in [6.07, 6.45) is 0. The second-order valence-electron chi connectivity index (χ2n) is 2.94. The summed E-state index contributed by atoms with van der Waals surface area (Å²) in [5, 5.41) is 0. The van der Waals surface area contributed by atoms with E-state index in [-0.39, 0.29) is 5.91 Å². The number of piperazine rings is 1. The average molecular weight is 268 g/mol. The van der Waals surface area contributed by atoms with Crippen molar-refractivity contribution < 1.29 is 4.79 Å². The second kappa shape index (κ2) is 3.71. The summed E-state index contributed by atoms with van der Waals surface area (Å²) in [6.45, 7) is 6.51. The SMILES string of the molecule is CC(=O)N1CCN(I)[C@@H](C)C1. The van der Waals surface area contributed by atoms with Crippen molar-refractivity contribution in [2.75, 3.05) is 19.6 Å². The molecule has 1 saturated heterocycles. The van der Waals surface area contributed by atoms with E-state index in [4.69, 9.17) is 0 Å². The lowest BCUT2D eigenvalue weighted by Gasteiger charge is -2.35. The zero-order chi connectivity index (χ0) is 8.43. The first-order chi connectivity index (χ1) is 5.11. The van der Waals surface area contributed by atoms with Gasteiger partial charge < -0.3 is 4.90 Å². The number of nitrogens with zero attached hydrogens (tertiary/aromatic N) is 2. The lowest BCUT2D eigenvalue weighted by Crippen LogP contribution is -2.49. The number of carbonyl (C=O) groups is 1. The van der Waals surface area contributed by atoms with Crippen LogP contribution in [0.1, 0.15) is 13.8 Å². The van der Waals surface area contributed by atoms with E-state index < -0.39 is 0 Å². The van der Waals surface area contributed by atoms with Crippen LogP contribution in [0, 0.1) is 0 Å². The highest BCUT2D eigenvalue weighted by Crippen LogP contribution is 2.13. The number of rotatable bonds is 0. The van der Waals surface area contributed by atoms with Crippen molar-refractivity contribution in [3.63, 3.8) is 0 Å². The van der Waals surface area contributed by atoms with Crippen LogP contribution in [0.3, 0.4) is 0 Å². The maximum absolute atomic E-state index is 11.0. The highest BCUT2D eigenvalue weighted by molar-refractivity contribution is 14.1. The van der Waals surface area contributed by atoms with E-state index in [9.17, 15) is 4.79 Å². The molecule has 0 spiro atoms. The van der Waals surface area contributed by atoms with Gasteiger partial charge in [0, 0.05) is 55.5 Å². The normalized spacial score (nSPS) is 27.2. The zero-order valence-corrected chi connectivity index (χ0v) is 9.04. The van der Waals surface area contributed by atoms with Crippen LogP contribution in [0.25, 0.3) is 0 Å². The lowest BCUT2D eigenvalue weighted by molar-refractivity contribution is -0.130. The van der Waals surface area contributed by atoms with Crippen LogP contribution in [-0.2, 0) is 4.79 Å². The van der Waals surface area contributed by atoms with Crippen molar-refractivity contribution in [1.29, 1.82) is 0 Å². The van der Waals surface area contributed by atoms with Gasteiger partial charge in [-0.3, -0.25) is 4.79 Å². The summed E-state index contributed by atoms with van der Waals surface area (Å²) in [5.41, 5.74) is 0. The van der Waals surface area contributed by atoms with Crippen molar-refractivity contribution in [2.45, 2.75) is 19.9 Å². The Bertz CT molecular complexity index is 163. The molecule has 0 aromatic rings. The molecule has 4 heteroatoms. The average Bonchev–Trinajstić information content (AvgIpc) is 1.94. The van der Waals surface area contributed by atoms with Gasteiger partial charge in [-0.1, -0.05) is 0 Å². The Morgan fingerprint density at radius 1 is 1.55 bits per heavy atom. The van der Waals surface area contributed by atoms with Gasteiger partial charge in [-0.25, -0.2) is 3.11 Å². The largest absolute Gasteiger partial charge is 0.340 e. The van der Waals surface area contributed by atoms with Crippen LogP contribution >= 0.6 is 22.9 Å². The summed E-state index contributed by atoms with van der Waals surface area (Å²) < 4.78 is 2.25. The van der Waals surface area contributed by atoms with Gasteiger partial charge in [0.25, 0.3) is 0 Å². The molecule has 1 aliphatic heterocycles. The van der Waals surface area contributed by atoms with Crippen molar-refractivity contribution in [3.05, 3.63) is 0 Å². The third-order valence-electron chi connectivity index (χ3n) is 1.99. The molecular weight excluding hydrogens is 255 g/mol. The Hall–Kier alpha value is 0.160. The number of hydrogen-bond acceptors (Lipinski definition) is 2. The first-order valence-electron chi connectivity index (χ1n) is 3.79. The fourth-order valence-electron chi connectivity index (χ4n) is 1.22. The minimum atomic E-state index is 0.196. The van der Waals surface area contributed by atoms with Gasteiger partial charge in [-0.05, 0) is 6.92 Å². The fourth-order valence-corrected chi connectivity index (χ4v) is 1.61. The van der Waals surface area contributed by atoms with Crippen LogP contribution < -0.4 is 0 Å². The van der Waals surface area contributed by atoms with E-state index in [1.807, 2.05) is 4.90 Å². The smallest absolute Gasteiger partial charge is 0.219 e. The predicted octanol–water partition coefficient (Wildman–Crippen LogP) is 0.889. The van der Waals surface area contributed by atoms with Gasteiger partial charge in [0.05, 0.1) is 0 Å². The van der Waals surface area contributed by atoms with E-state index >= 15 is 0 Å². The van der Waals surface area contributed by atoms with Gasteiger partial charge in [0.2, 0.25) is 5.91 Å². The van der Waals surface area contributed by atoms with E-state index in [1.165, 1.54) is 0 Å². The maximum atomic E-state index is 11.0. The van der Waals surface area contributed by atoms with Gasteiger partial charge >= 0.3 is 0 Å². The second-order valence-corrected chi connectivity index (χ2v) is 4.18. The Morgan fingerprint density at radius 2 is 2.18 bits per heavy atom. The minimum absolute atomic E-state index is 0.196. The molecule has 0 bridgehead atoms. The fraction of sp³-hybridized carbons (Fsp3) is 0.857. The van der Waals surface area contributed by atoms with Crippen molar-refractivity contribution >= 4 is 28.8 Å². The topological polar surface area (TPSA) is 23.6 Å². The molecule has 1 atom stereocenters. The molecule has 0 aromatic heterocycles. The highest BCUT2D eigenvalue weighted by Gasteiger charge is 2.22. The number of hydrogen-bond donors (Lipinski definition) is 0. The molecule has 1 heterocycles. The molecule has 0 aliphatic carbocycles. The summed E-state index contributed by atoms with van der Waals surface area (Å²) in [4.78, 5) is 12.9. The molecule has 1 amide bonds. The van der Waals surface area contributed by atoms with Crippen LogP contribution in [0.2, 0.25) is 0 Å². The lowest BCUT2D eigenvalue weighted by atomic mass is 10.2. The van der Waals surface area contributed by atoms with Crippen LogP contribution in [0.4, 0.5) is 0 Å². The van der Waals surface area contributed by atoms with Crippen LogP contribution in [0.5, 0.6) is 0 Å². The molecule has 3 nitrogen and oxygen atoms in total. The quantitative estimate of drug-likeness (QED) is 0.481. The number of halogens is 1. The molecule has 0 aromatic carbocycles. The summed E-state index contributed by atoms with van der Waals surface area (Å²) in [6, 6.07) is 0.494. The Balaban J connectivity index is 2.46. The third-order valence-corrected chi connectivity index (χ3v) is 3.43. The summed E-state index contributed by atoms with van der Waals surface area (Å²) >= 11 is 2.31. The van der Waals surface area contributed by atoms with E-state index in [0.717, 1.165) is 19.6 Å². The molecule has 1 rings (SSSR count). The summed E-state index contributed by atoms with van der Waals surface area (Å²) in [5.74, 6) is 0.196. The van der Waals surface area contributed by atoms with Crippen molar-refractivity contribution in [2.24, 2.45) is 0 Å². The molecule has 1 fully saturated rings. The van der Waals surface area contributed by atoms with Crippen LogP contribution in [-0.4, -0.2) is 39.6 Å². The van der Waals surface area contributed by atoms with Gasteiger partial charge in [-0.15, -0.1) is 0 Å². The number of amides is 1.